The molecule has 2 aromatic heterocycles. The van der Waals surface area contributed by atoms with Crippen LogP contribution in [0.4, 0.5) is 0 Å². The van der Waals surface area contributed by atoms with Gasteiger partial charge in [0.05, 0.1) is 23.2 Å². The zero-order valence-electron chi connectivity index (χ0n) is 9.38. The minimum Gasteiger partial charge on any atom is -0.506 e. The maximum absolute atomic E-state index is 11.5. The van der Waals surface area contributed by atoms with E-state index in [0.29, 0.717) is 22.9 Å². The fraction of sp³-hybridized carbons (Fsp3) is 0.364. The van der Waals surface area contributed by atoms with Crippen molar-refractivity contribution in [2.75, 3.05) is 11.5 Å². The summed E-state index contributed by atoms with van der Waals surface area (Å²) in [7, 11) is -2.97. The lowest BCUT2D eigenvalue weighted by molar-refractivity contribution is 0.471. The molecule has 0 aliphatic carbocycles. The first-order valence-electron chi connectivity index (χ1n) is 5.53. The molecule has 5 nitrogen and oxygen atoms in total. The summed E-state index contributed by atoms with van der Waals surface area (Å²) in [6.07, 6.45) is 2.06. The highest BCUT2D eigenvalue weighted by Gasteiger charge is 2.32. The topological polar surface area (TPSA) is 71.7 Å². The molecule has 96 valence electrons. The van der Waals surface area contributed by atoms with Crippen molar-refractivity contribution >= 4 is 27.0 Å². The van der Waals surface area contributed by atoms with E-state index in [9.17, 15) is 13.5 Å². The van der Waals surface area contributed by atoms with Crippen molar-refractivity contribution in [3.05, 3.63) is 29.3 Å². The molecule has 1 aliphatic heterocycles. The minimum atomic E-state index is -2.97. The summed E-state index contributed by atoms with van der Waals surface area (Å²) in [5, 5.41) is 9.83. The second-order valence-electron chi connectivity index (χ2n) is 4.50. The Morgan fingerprint density at radius 1 is 1.44 bits per heavy atom. The van der Waals surface area contributed by atoms with Crippen LogP contribution in [-0.2, 0) is 9.84 Å². The highest BCUT2D eigenvalue weighted by molar-refractivity contribution is 7.91. The van der Waals surface area contributed by atoms with E-state index in [1.807, 2.05) is 0 Å². The van der Waals surface area contributed by atoms with E-state index in [1.54, 1.807) is 10.5 Å². The van der Waals surface area contributed by atoms with Gasteiger partial charge in [0.15, 0.2) is 15.0 Å². The van der Waals surface area contributed by atoms with E-state index in [2.05, 4.69) is 4.98 Å². The van der Waals surface area contributed by atoms with Gasteiger partial charge in [0, 0.05) is 5.92 Å². The molecule has 1 unspecified atom stereocenters. The van der Waals surface area contributed by atoms with Crippen LogP contribution in [0.25, 0.3) is 5.52 Å². The molecule has 2 aromatic rings. The van der Waals surface area contributed by atoms with Crippen LogP contribution < -0.4 is 0 Å². The molecule has 0 radical (unpaired) electrons. The SMILES string of the molecule is O=S1(=O)CCC(c2nc(Cl)c3ccc(O)cn23)C1. The molecular formula is C11H11ClN2O3S. The van der Waals surface area contributed by atoms with Gasteiger partial charge in [-0.05, 0) is 18.6 Å². The third-order valence-corrected chi connectivity index (χ3v) is 5.25. The highest BCUT2D eigenvalue weighted by atomic mass is 35.5. The van der Waals surface area contributed by atoms with Gasteiger partial charge in [-0.25, -0.2) is 13.4 Å². The molecule has 1 saturated heterocycles. The Kier molecular flexibility index (Phi) is 2.53. The van der Waals surface area contributed by atoms with Crippen LogP contribution in [0.2, 0.25) is 5.15 Å². The van der Waals surface area contributed by atoms with Crippen molar-refractivity contribution in [1.29, 1.82) is 0 Å². The molecule has 0 aromatic carbocycles. The Hall–Kier alpha value is -1.27. The van der Waals surface area contributed by atoms with E-state index < -0.39 is 9.84 Å². The van der Waals surface area contributed by atoms with Gasteiger partial charge in [0.2, 0.25) is 0 Å². The Bertz CT molecular complexity index is 723. The lowest BCUT2D eigenvalue weighted by atomic mass is 10.1. The van der Waals surface area contributed by atoms with Gasteiger partial charge in [-0.3, -0.25) is 4.40 Å². The lowest BCUT2D eigenvalue weighted by Gasteiger charge is -2.06. The number of aromatic hydroxyl groups is 1. The maximum atomic E-state index is 11.5. The quantitative estimate of drug-likeness (QED) is 0.864. The molecule has 18 heavy (non-hydrogen) atoms. The first-order valence-corrected chi connectivity index (χ1v) is 7.73. The number of hydrogen-bond donors (Lipinski definition) is 1. The third kappa shape index (κ3) is 1.85. The molecule has 7 heteroatoms. The summed E-state index contributed by atoms with van der Waals surface area (Å²) in [6, 6.07) is 3.19. The molecule has 1 aliphatic rings. The van der Waals surface area contributed by atoms with Gasteiger partial charge in [0.25, 0.3) is 0 Å². The van der Waals surface area contributed by atoms with E-state index in [4.69, 9.17) is 11.6 Å². The standard InChI is InChI=1S/C11H11ClN2O3S/c12-10-9-2-1-8(15)5-14(9)11(13-10)7-3-4-18(16,17)6-7/h1-2,5,7,15H,3-4,6H2. The average molecular weight is 287 g/mol. The highest BCUT2D eigenvalue weighted by Crippen LogP contribution is 2.31. The van der Waals surface area contributed by atoms with Crippen LogP contribution in [0.5, 0.6) is 5.75 Å². The van der Waals surface area contributed by atoms with E-state index in [0.717, 1.165) is 0 Å². The Balaban J connectivity index is 2.15. The summed E-state index contributed by atoms with van der Waals surface area (Å²) >= 11 is 6.02. The van der Waals surface area contributed by atoms with E-state index >= 15 is 0 Å². The molecular weight excluding hydrogens is 276 g/mol. The van der Waals surface area contributed by atoms with Gasteiger partial charge in [0.1, 0.15) is 11.6 Å². The van der Waals surface area contributed by atoms with Gasteiger partial charge in [-0.15, -0.1) is 0 Å². The predicted molar refractivity (Wildman–Crippen MR) is 67.9 cm³/mol. The van der Waals surface area contributed by atoms with Crippen molar-refractivity contribution in [2.45, 2.75) is 12.3 Å². The van der Waals surface area contributed by atoms with Crippen LogP contribution >= 0.6 is 11.6 Å². The predicted octanol–water partition coefficient (Wildman–Crippen LogP) is 1.60. The van der Waals surface area contributed by atoms with Crippen LogP contribution in [0, 0.1) is 0 Å². The first-order chi connectivity index (χ1) is 8.46. The average Bonchev–Trinajstić information content (AvgIpc) is 2.80. The zero-order chi connectivity index (χ0) is 12.9. The van der Waals surface area contributed by atoms with E-state index in [-0.39, 0.29) is 23.2 Å². The summed E-state index contributed by atoms with van der Waals surface area (Å²) in [5.41, 5.74) is 0.675. The molecule has 0 amide bonds. The summed E-state index contributed by atoms with van der Waals surface area (Å²) in [5.74, 6) is 0.823. The second-order valence-corrected chi connectivity index (χ2v) is 7.09. The lowest BCUT2D eigenvalue weighted by Crippen LogP contribution is -2.07. The molecule has 0 saturated carbocycles. The fourth-order valence-electron chi connectivity index (χ4n) is 2.35. The van der Waals surface area contributed by atoms with Gasteiger partial charge in [-0.2, -0.15) is 0 Å². The van der Waals surface area contributed by atoms with Crippen molar-refractivity contribution in [1.82, 2.24) is 9.38 Å². The van der Waals surface area contributed by atoms with Crippen molar-refractivity contribution in [3.8, 4) is 5.75 Å². The zero-order valence-corrected chi connectivity index (χ0v) is 10.9. The number of imidazole rings is 1. The van der Waals surface area contributed by atoms with Crippen LogP contribution in [-0.4, -0.2) is 34.4 Å². The summed E-state index contributed by atoms with van der Waals surface area (Å²) in [4.78, 5) is 4.23. The number of sulfone groups is 1. The first kappa shape index (κ1) is 11.8. The van der Waals surface area contributed by atoms with Crippen molar-refractivity contribution < 1.29 is 13.5 Å². The number of halogens is 1. The largest absolute Gasteiger partial charge is 0.506 e. The van der Waals surface area contributed by atoms with Crippen molar-refractivity contribution in [3.63, 3.8) is 0 Å². The Labute approximate surface area is 109 Å². The molecule has 1 atom stereocenters. The van der Waals surface area contributed by atoms with Crippen LogP contribution in [0.1, 0.15) is 18.2 Å². The molecule has 0 bridgehead atoms. The van der Waals surface area contributed by atoms with Gasteiger partial charge in [-0.1, -0.05) is 11.6 Å². The Morgan fingerprint density at radius 2 is 2.22 bits per heavy atom. The number of aromatic nitrogens is 2. The van der Waals surface area contributed by atoms with Gasteiger partial charge >= 0.3 is 0 Å². The van der Waals surface area contributed by atoms with Gasteiger partial charge < -0.3 is 5.11 Å². The normalized spacial score (nSPS) is 22.6. The summed E-state index contributed by atoms with van der Waals surface area (Å²) < 4.78 is 24.7. The molecule has 3 rings (SSSR count). The fourth-order valence-corrected chi connectivity index (χ4v) is 4.33. The molecule has 1 fully saturated rings. The molecule has 0 spiro atoms. The van der Waals surface area contributed by atoms with Crippen molar-refractivity contribution in [2.24, 2.45) is 0 Å². The number of fused-ring (bicyclic) bond motifs is 1. The second kappa shape index (κ2) is 3.86. The minimum absolute atomic E-state index is 0.0953. The Morgan fingerprint density at radius 3 is 2.89 bits per heavy atom. The maximum Gasteiger partial charge on any atom is 0.155 e. The monoisotopic (exact) mass is 286 g/mol. The molecule has 1 N–H and O–H groups in total. The number of nitrogens with zero attached hydrogens (tertiary/aromatic N) is 2. The van der Waals surface area contributed by atoms with E-state index in [1.165, 1.54) is 12.3 Å². The smallest absolute Gasteiger partial charge is 0.155 e. The summed E-state index contributed by atoms with van der Waals surface area (Å²) in [6.45, 7) is 0. The number of hydrogen-bond acceptors (Lipinski definition) is 4. The molecule has 3 heterocycles. The number of pyridine rings is 1. The van der Waals surface area contributed by atoms with Crippen LogP contribution in [0.3, 0.4) is 0 Å². The number of rotatable bonds is 1. The van der Waals surface area contributed by atoms with Crippen LogP contribution in [0.15, 0.2) is 18.3 Å². The third-order valence-electron chi connectivity index (χ3n) is 3.20.